The number of nitrogens with two attached hydrogens (primary N) is 1. The molecule has 102 valence electrons. The van der Waals surface area contributed by atoms with Crippen LogP contribution < -0.4 is 5.73 Å². The van der Waals surface area contributed by atoms with Crippen molar-refractivity contribution in [2.24, 2.45) is 11.7 Å². The molecule has 0 bridgehead atoms. The molecular weight excluding hydrogens is 254 g/mol. The quantitative estimate of drug-likeness (QED) is 0.848. The minimum atomic E-state index is -2.87. The highest BCUT2D eigenvalue weighted by Crippen LogP contribution is 2.21. The van der Waals surface area contributed by atoms with Crippen molar-refractivity contribution in [3.63, 3.8) is 0 Å². The van der Waals surface area contributed by atoms with Crippen LogP contribution in [-0.4, -0.2) is 36.1 Å². The second kappa shape index (κ2) is 5.36. The molecule has 1 aromatic heterocycles. The zero-order valence-electron chi connectivity index (χ0n) is 10.5. The largest absolute Gasteiger partial charge is 0.339 e. The Bertz CT molecular complexity index is 495. The molecule has 0 amide bonds. The average molecular weight is 273 g/mol. The number of rotatable bonds is 4. The average Bonchev–Trinajstić information content (AvgIpc) is 2.62. The highest BCUT2D eigenvalue weighted by Gasteiger charge is 2.26. The van der Waals surface area contributed by atoms with Gasteiger partial charge in [0.05, 0.1) is 11.5 Å². The Morgan fingerprint density at radius 1 is 1.56 bits per heavy atom. The lowest BCUT2D eigenvalue weighted by molar-refractivity contribution is 0.362. The smallest absolute Gasteiger partial charge is 0.228 e. The molecule has 1 aliphatic heterocycles. The summed E-state index contributed by atoms with van der Waals surface area (Å²) in [5, 5.41) is 3.87. The van der Waals surface area contributed by atoms with E-state index in [4.69, 9.17) is 10.3 Å². The lowest BCUT2D eigenvalue weighted by atomic mass is 10.0. The number of nitrogens with zero attached hydrogens (tertiary/aromatic N) is 2. The standard InChI is InChI=1S/C11H19N3O3S/c1-8(12)5-11-13-10(14-17-11)6-9-3-2-4-18(15,16)7-9/h8-9H,2-7,12H2,1H3. The van der Waals surface area contributed by atoms with E-state index in [1.54, 1.807) is 0 Å². The third kappa shape index (κ3) is 3.78. The fourth-order valence-electron chi connectivity index (χ4n) is 2.27. The predicted octanol–water partition coefficient (Wildman–Crippen LogP) is 0.327. The van der Waals surface area contributed by atoms with Crippen LogP contribution in [0.25, 0.3) is 0 Å². The highest BCUT2D eigenvalue weighted by atomic mass is 32.2. The second-order valence-electron chi connectivity index (χ2n) is 5.11. The molecule has 0 spiro atoms. The van der Waals surface area contributed by atoms with Crippen LogP contribution in [0.2, 0.25) is 0 Å². The summed E-state index contributed by atoms with van der Waals surface area (Å²) in [6.07, 6.45) is 2.77. The summed E-state index contributed by atoms with van der Waals surface area (Å²) in [7, 11) is -2.87. The first-order valence-electron chi connectivity index (χ1n) is 6.22. The zero-order valence-corrected chi connectivity index (χ0v) is 11.3. The van der Waals surface area contributed by atoms with Crippen LogP contribution in [0.15, 0.2) is 4.52 Å². The van der Waals surface area contributed by atoms with Crippen molar-refractivity contribution >= 4 is 9.84 Å². The molecule has 1 aromatic rings. The maximum Gasteiger partial charge on any atom is 0.228 e. The highest BCUT2D eigenvalue weighted by molar-refractivity contribution is 7.91. The summed E-state index contributed by atoms with van der Waals surface area (Å²) in [5.41, 5.74) is 5.65. The van der Waals surface area contributed by atoms with Crippen molar-refractivity contribution in [2.45, 2.75) is 38.6 Å². The predicted molar refractivity (Wildman–Crippen MR) is 66.7 cm³/mol. The van der Waals surface area contributed by atoms with Crippen LogP contribution in [0.5, 0.6) is 0 Å². The van der Waals surface area contributed by atoms with E-state index >= 15 is 0 Å². The van der Waals surface area contributed by atoms with Gasteiger partial charge >= 0.3 is 0 Å². The molecule has 2 heterocycles. The molecule has 1 saturated heterocycles. The van der Waals surface area contributed by atoms with Gasteiger partial charge in [-0.25, -0.2) is 8.42 Å². The van der Waals surface area contributed by atoms with Gasteiger partial charge in [0, 0.05) is 18.9 Å². The molecule has 2 N–H and O–H groups in total. The molecular formula is C11H19N3O3S. The topological polar surface area (TPSA) is 99.1 Å². The molecule has 2 rings (SSSR count). The van der Waals surface area contributed by atoms with Crippen molar-refractivity contribution < 1.29 is 12.9 Å². The summed E-state index contributed by atoms with van der Waals surface area (Å²) in [4.78, 5) is 4.24. The van der Waals surface area contributed by atoms with Gasteiger partial charge in [-0.2, -0.15) is 4.98 Å². The molecule has 2 atom stereocenters. The molecule has 0 radical (unpaired) electrons. The van der Waals surface area contributed by atoms with E-state index in [0.717, 1.165) is 12.8 Å². The Labute approximate surface area is 107 Å². The third-order valence-electron chi connectivity index (χ3n) is 3.04. The van der Waals surface area contributed by atoms with Crippen molar-refractivity contribution in [1.82, 2.24) is 10.1 Å². The van der Waals surface area contributed by atoms with Gasteiger partial charge in [-0.3, -0.25) is 0 Å². The first-order chi connectivity index (χ1) is 8.44. The normalized spacial score (nSPS) is 24.9. The van der Waals surface area contributed by atoms with Gasteiger partial charge in [0.25, 0.3) is 0 Å². The lowest BCUT2D eigenvalue weighted by Gasteiger charge is -2.20. The van der Waals surface area contributed by atoms with Crippen LogP contribution in [0.3, 0.4) is 0 Å². The molecule has 18 heavy (non-hydrogen) atoms. The van der Waals surface area contributed by atoms with Gasteiger partial charge in [-0.15, -0.1) is 0 Å². The molecule has 1 fully saturated rings. The van der Waals surface area contributed by atoms with Crippen molar-refractivity contribution in [2.75, 3.05) is 11.5 Å². The van der Waals surface area contributed by atoms with E-state index in [9.17, 15) is 8.42 Å². The fourth-order valence-corrected chi connectivity index (χ4v) is 4.04. The van der Waals surface area contributed by atoms with E-state index in [1.807, 2.05) is 6.92 Å². The van der Waals surface area contributed by atoms with Crippen molar-refractivity contribution in [3.8, 4) is 0 Å². The molecule has 0 aliphatic carbocycles. The maximum absolute atomic E-state index is 11.5. The molecule has 0 aromatic carbocycles. The third-order valence-corrected chi connectivity index (χ3v) is 4.93. The van der Waals surface area contributed by atoms with Crippen molar-refractivity contribution in [3.05, 3.63) is 11.7 Å². The molecule has 7 heteroatoms. The Morgan fingerprint density at radius 2 is 2.33 bits per heavy atom. The Morgan fingerprint density at radius 3 is 3.00 bits per heavy atom. The van der Waals surface area contributed by atoms with Gasteiger partial charge in [-0.05, 0) is 25.7 Å². The van der Waals surface area contributed by atoms with E-state index in [1.165, 1.54) is 0 Å². The summed E-state index contributed by atoms with van der Waals surface area (Å²) in [6, 6.07) is -0.0200. The monoisotopic (exact) mass is 273 g/mol. The Hall–Kier alpha value is -0.950. The number of sulfone groups is 1. The SMILES string of the molecule is CC(N)Cc1nc(CC2CCCS(=O)(=O)C2)no1. The van der Waals surface area contributed by atoms with Crippen LogP contribution in [0.4, 0.5) is 0 Å². The summed E-state index contributed by atoms with van der Waals surface area (Å²) in [5.74, 6) is 1.78. The number of aromatic nitrogens is 2. The van der Waals surface area contributed by atoms with E-state index in [-0.39, 0.29) is 17.7 Å². The van der Waals surface area contributed by atoms with E-state index in [0.29, 0.717) is 30.3 Å². The van der Waals surface area contributed by atoms with Crippen LogP contribution in [0, 0.1) is 5.92 Å². The zero-order chi connectivity index (χ0) is 13.2. The van der Waals surface area contributed by atoms with Gasteiger partial charge < -0.3 is 10.3 Å². The van der Waals surface area contributed by atoms with E-state index in [2.05, 4.69) is 10.1 Å². The van der Waals surface area contributed by atoms with Crippen LogP contribution in [0.1, 0.15) is 31.5 Å². The first kappa shape index (κ1) is 13.5. The van der Waals surface area contributed by atoms with Crippen LogP contribution >= 0.6 is 0 Å². The minimum absolute atomic E-state index is 0.0200. The van der Waals surface area contributed by atoms with Gasteiger partial charge in [0.15, 0.2) is 15.7 Å². The maximum atomic E-state index is 11.5. The van der Waals surface area contributed by atoms with Crippen LogP contribution in [-0.2, 0) is 22.7 Å². The minimum Gasteiger partial charge on any atom is -0.339 e. The first-order valence-corrected chi connectivity index (χ1v) is 8.04. The fraction of sp³-hybridized carbons (Fsp3) is 0.818. The molecule has 2 unspecified atom stereocenters. The second-order valence-corrected chi connectivity index (χ2v) is 7.34. The molecule has 1 aliphatic rings. The van der Waals surface area contributed by atoms with Gasteiger partial charge in [0.2, 0.25) is 5.89 Å². The Balaban J connectivity index is 1.95. The van der Waals surface area contributed by atoms with E-state index < -0.39 is 9.84 Å². The lowest BCUT2D eigenvalue weighted by Crippen LogP contribution is -2.26. The van der Waals surface area contributed by atoms with Crippen molar-refractivity contribution in [1.29, 1.82) is 0 Å². The molecule has 0 saturated carbocycles. The number of hydrogen-bond acceptors (Lipinski definition) is 6. The summed E-state index contributed by atoms with van der Waals surface area (Å²) in [6.45, 7) is 1.87. The Kier molecular flexibility index (Phi) is 4.01. The number of hydrogen-bond donors (Lipinski definition) is 1. The summed E-state index contributed by atoms with van der Waals surface area (Å²) >= 11 is 0. The van der Waals surface area contributed by atoms with Gasteiger partial charge in [0.1, 0.15) is 0 Å². The van der Waals surface area contributed by atoms with Gasteiger partial charge in [-0.1, -0.05) is 5.16 Å². The summed E-state index contributed by atoms with van der Waals surface area (Å²) < 4.78 is 28.1. The molecule has 6 nitrogen and oxygen atoms in total.